The smallest absolute Gasteiger partial charge is 0.183 e. The lowest BCUT2D eigenvalue weighted by molar-refractivity contribution is 0.630. The summed E-state index contributed by atoms with van der Waals surface area (Å²) in [6.07, 6.45) is 3.01. The summed E-state index contributed by atoms with van der Waals surface area (Å²) >= 11 is 6.03. The predicted octanol–water partition coefficient (Wildman–Crippen LogP) is 1.14. The van der Waals surface area contributed by atoms with Gasteiger partial charge in [0.05, 0.1) is 5.56 Å². The molecule has 0 aliphatic rings. The largest absolute Gasteiger partial charge is 0.248 e. The van der Waals surface area contributed by atoms with Gasteiger partial charge in [-0.3, -0.25) is 0 Å². The summed E-state index contributed by atoms with van der Waals surface area (Å²) in [5.41, 5.74) is 1.96. The van der Waals surface area contributed by atoms with Crippen LogP contribution in [-0.2, 0) is 0 Å². The standard InChI is InChI=1S/C12H7BClFN4/c13-6-1-2-8(15)7(5-6)11-18-10(14)9-12(19-11)17-4-3-16-9/h1-5H,13H2. The summed E-state index contributed by atoms with van der Waals surface area (Å²) < 4.78 is 13.8. The highest BCUT2D eigenvalue weighted by Gasteiger charge is 2.13. The van der Waals surface area contributed by atoms with Crippen molar-refractivity contribution >= 4 is 36.1 Å². The number of benzene rings is 1. The van der Waals surface area contributed by atoms with E-state index in [4.69, 9.17) is 11.6 Å². The number of rotatable bonds is 1. The Bertz CT molecular complexity index is 781. The Morgan fingerprint density at radius 1 is 1.11 bits per heavy atom. The van der Waals surface area contributed by atoms with Gasteiger partial charge in [-0.15, -0.1) is 0 Å². The summed E-state index contributed by atoms with van der Waals surface area (Å²) in [7, 11) is 1.87. The second kappa shape index (κ2) is 4.55. The van der Waals surface area contributed by atoms with Gasteiger partial charge in [-0.2, -0.15) is 0 Å². The molecule has 1 aromatic carbocycles. The van der Waals surface area contributed by atoms with Crippen LogP contribution >= 0.6 is 11.6 Å². The first-order chi connectivity index (χ1) is 9.15. The van der Waals surface area contributed by atoms with Gasteiger partial charge >= 0.3 is 0 Å². The monoisotopic (exact) mass is 272 g/mol. The van der Waals surface area contributed by atoms with Crippen molar-refractivity contribution in [3.63, 3.8) is 0 Å². The number of nitrogens with zero attached hydrogens (tertiary/aromatic N) is 4. The van der Waals surface area contributed by atoms with Gasteiger partial charge in [0.25, 0.3) is 0 Å². The first-order valence-corrected chi connectivity index (χ1v) is 5.94. The zero-order chi connectivity index (χ0) is 13.4. The Hall–Kier alpha value is -2.08. The van der Waals surface area contributed by atoms with Gasteiger partial charge in [-0.1, -0.05) is 29.2 Å². The summed E-state index contributed by atoms with van der Waals surface area (Å²) in [4.78, 5) is 16.4. The van der Waals surface area contributed by atoms with E-state index in [0.29, 0.717) is 16.7 Å². The lowest BCUT2D eigenvalue weighted by atomic mass is 9.94. The molecule has 7 heteroatoms. The molecule has 0 atom stereocenters. The molecule has 2 heterocycles. The lowest BCUT2D eigenvalue weighted by Crippen LogP contribution is -2.05. The Balaban J connectivity index is 2.28. The molecule has 3 rings (SSSR count). The van der Waals surface area contributed by atoms with E-state index >= 15 is 0 Å². The molecule has 0 saturated carbocycles. The molecule has 0 unspecified atom stereocenters. The lowest BCUT2D eigenvalue weighted by Gasteiger charge is -2.05. The number of aromatic nitrogens is 4. The van der Waals surface area contributed by atoms with E-state index < -0.39 is 5.82 Å². The summed E-state index contributed by atoms with van der Waals surface area (Å²) in [6.45, 7) is 0. The molecule has 2 aromatic heterocycles. The molecule has 4 nitrogen and oxygen atoms in total. The molecule has 0 radical (unpaired) electrons. The average Bonchev–Trinajstić information content (AvgIpc) is 2.41. The van der Waals surface area contributed by atoms with Gasteiger partial charge in [-0.05, 0) is 6.07 Å². The third-order valence-corrected chi connectivity index (χ3v) is 2.92. The molecule has 0 spiro atoms. The highest BCUT2D eigenvalue weighted by molar-refractivity contribution is 6.33. The number of fused-ring (bicyclic) bond motifs is 1. The maximum absolute atomic E-state index is 13.8. The number of hydrogen-bond donors (Lipinski definition) is 0. The molecule has 0 fully saturated rings. The molecule has 19 heavy (non-hydrogen) atoms. The van der Waals surface area contributed by atoms with E-state index in [9.17, 15) is 4.39 Å². The minimum Gasteiger partial charge on any atom is -0.248 e. The Morgan fingerprint density at radius 3 is 2.74 bits per heavy atom. The van der Waals surface area contributed by atoms with Crippen LogP contribution in [0.25, 0.3) is 22.6 Å². The normalized spacial score (nSPS) is 10.8. The maximum Gasteiger partial charge on any atom is 0.183 e. The van der Waals surface area contributed by atoms with Crippen molar-refractivity contribution in [3.8, 4) is 11.4 Å². The van der Waals surface area contributed by atoms with E-state index in [0.717, 1.165) is 5.46 Å². The first kappa shape index (κ1) is 12.0. The fourth-order valence-corrected chi connectivity index (χ4v) is 1.97. The zero-order valence-electron chi connectivity index (χ0n) is 9.93. The van der Waals surface area contributed by atoms with Crippen LogP contribution in [0, 0.1) is 5.82 Å². The van der Waals surface area contributed by atoms with Crippen LogP contribution in [0.15, 0.2) is 30.6 Å². The van der Waals surface area contributed by atoms with Crippen LogP contribution in [0.3, 0.4) is 0 Å². The molecular weight excluding hydrogens is 265 g/mol. The Morgan fingerprint density at radius 2 is 1.89 bits per heavy atom. The van der Waals surface area contributed by atoms with Gasteiger partial charge < -0.3 is 0 Å². The molecule has 0 N–H and O–H groups in total. The quantitative estimate of drug-likeness (QED) is 0.492. The van der Waals surface area contributed by atoms with Gasteiger partial charge in [0.2, 0.25) is 0 Å². The van der Waals surface area contributed by atoms with Gasteiger partial charge in [0, 0.05) is 12.4 Å². The SMILES string of the molecule is Bc1ccc(F)c(-c2nc(Cl)c3nccnc3n2)c1. The fraction of sp³-hybridized carbons (Fsp3) is 0. The second-order valence-electron chi connectivity index (χ2n) is 4.05. The zero-order valence-corrected chi connectivity index (χ0v) is 10.7. The van der Waals surface area contributed by atoms with E-state index in [1.807, 2.05) is 7.85 Å². The van der Waals surface area contributed by atoms with Crippen molar-refractivity contribution in [1.82, 2.24) is 19.9 Å². The van der Waals surface area contributed by atoms with Crippen molar-refractivity contribution in [2.24, 2.45) is 0 Å². The number of halogens is 2. The van der Waals surface area contributed by atoms with E-state index in [2.05, 4.69) is 19.9 Å². The van der Waals surface area contributed by atoms with Crippen molar-refractivity contribution < 1.29 is 4.39 Å². The Labute approximate surface area is 114 Å². The fourth-order valence-electron chi connectivity index (χ4n) is 1.76. The molecule has 3 aromatic rings. The van der Waals surface area contributed by atoms with Crippen LogP contribution in [0.4, 0.5) is 4.39 Å². The van der Waals surface area contributed by atoms with Crippen LogP contribution in [0.1, 0.15) is 0 Å². The van der Waals surface area contributed by atoms with Crippen molar-refractivity contribution in [1.29, 1.82) is 0 Å². The van der Waals surface area contributed by atoms with E-state index in [1.54, 1.807) is 12.1 Å². The van der Waals surface area contributed by atoms with Crippen molar-refractivity contribution in [3.05, 3.63) is 41.6 Å². The minimum atomic E-state index is -0.398. The number of hydrogen-bond acceptors (Lipinski definition) is 4. The molecule has 0 saturated heterocycles. The molecule has 0 bridgehead atoms. The summed E-state index contributed by atoms with van der Waals surface area (Å²) in [5.74, 6) is -0.191. The van der Waals surface area contributed by atoms with Crippen molar-refractivity contribution in [2.45, 2.75) is 0 Å². The predicted molar refractivity (Wildman–Crippen MR) is 73.7 cm³/mol. The molecule has 0 amide bonds. The highest BCUT2D eigenvalue weighted by Crippen LogP contribution is 2.23. The topological polar surface area (TPSA) is 51.6 Å². The van der Waals surface area contributed by atoms with E-state index in [1.165, 1.54) is 18.5 Å². The first-order valence-electron chi connectivity index (χ1n) is 5.56. The van der Waals surface area contributed by atoms with Crippen LogP contribution < -0.4 is 5.46 Å². The van der Waals surface area contributed by atoms with Crippen molar-refractivity contribution in [2.75, 3.05) is 0 Å². The maximum atomic E-state index is 13.8. The van der Waals surface area contributed by atoms with Crippen LogP contribution in [0.5, 0.6) is 0 Å². The molecule has 92 valence electrons. The molecular formula is C12H7BClFN4. The Kier molecular flexibility index (Phi) is 2.87. The van der Waals surface area contributed by atoms with Gasteiger partial charge in [0.15, 0.2) is 16.6 Å². The van der Waals surface area contributed by atoms with E-state index in [-0.39, 0.29) is 11.0 Å². The second-order valence-corrected chi connectivity index (χ2v) is 4.41. The van der Waals surface area contributed by atoms with Gasteiger partial charge in [0.1, 0.15) is 19.2 Å². The van der Waals surface area contributed by atoms with Crippen LogP contribution in [0.2, 0.25) is 5.15 Å². The highest BCUT2D eigenvalue weighted by atomic mass is 35.5. The molecule has 0 aliphatic carbocycles. The third-order valence-electron chi connectivity index (χ3n) is 2.65. The summed E-state index contributed by atoms with van der Waals surface area (Å²) in [6, 6.07) is 4.73. The third kappa shape index (κ3) is 2.15. The minimum absolute atomic E-state index is 0.161. The molecule has 0 aliphatic heterocycles. The van der Waals surface area contributed by atoms with Crippen LogP contribution in [-0.4, -0.2) is 27.8 Å². The van der Waals surface area contributed by atoms with Gasteiger partial charge in [-0.25, -0.2) is 24.3 Å². The average molecular weight is 272 g/mol. The summed E-state index contributed by atoms with van der Waals surface area (Å²) in [5, 5.41) is 0.161.